The zero-order valence-corrected chi connectivity index (χ0v) is 16.8. The fraction of sp³-hybridized carbons (Fsp3) is 0.0455. The van der Waals surface area contributed by atoms with Crippen LogP contribution in [0.15, 0.2) is 88.1 Å². The summed E-state index contributed by atoms with van der Waals surface area (Å²) >= 11 is 13.8. The van der Waals surface area contributed by atoms with Crippen LogP contribution in [0.2, 0.25) is 10.0 Å². The van der Waals surface area contributed by atoms with E-state index in [-0.39, 0.29) is 5.82 Å². The number of aryl methyl sites for hydroxylation is 1. The summed E-state index contributed by atoms with van der Waals surface area (Å²) in [6, 6.07) is 19.6. The molecule has 0 N–H and O–H groups in total. The predicted molar refractivity (Wildman–Crippen MR) is 115 cm³/mol. The minimum atomic E-state index is -0.251. The van der Waals surface area contributed by atoms with Gasteiger partial charge in [-0.25, -0.2) is 9.38 Å². The van der Waals surface area contributed by atoms with Crippen molar-refractivity contribution in [2.45, 2.75) is 11.8 Å². The van der Waals surface area contributed by atoms with Crippen LogP contribution in [0.1, 0.15) is 11.1 Å². The summed E-state index contributed by atoms with van der Waals surface area (Å²) in [6.07, 6.45) is 1.90. The van der Waals surface area contributed by atoms with Crippen LogP contribution in [0, 0.1) is 12.7 Å². The van der Waals surface area contributed by atoms with E-state index in [1.54, 1.807) is 18.2 Å². The van der Waals surface area contributed by atoms with Crippen molar-refractivity contribution in [3.63, 3.8) is 0 Å². The Kier molecular flexibility index (Phi) is 6.73. The van der Waals surface area contributed by atoms with Crippen LogP contribution < -0.4 is 0 Å². The molecule has 0 spiro atoms. The minimum absolute atomic E-state index is 0.251. The molecule has 0 saturated heterocycles. The van der Waals surface area contributed by atoms with Crippen LogP contribution in [0.3, 0.4) is 0 Å². The second kappa shape index (κ2) is 9.23. The van der Waals surface area contributed by atoms with E-state index >= 15 is 0 Å². The number of nitrogens with zero attached hydrogens (tertiary/aromatic N) is 1. The van der Waals surface area contributed by atoms with Gasteiger partial charge in [0.15, 0.2) is 0 Å². The lowest BCUT2D eigenvalue weighted by Gasteiger charge is -2.05. The third-order valence-electron chi connectivity index (χ3n) is 3.69. The lowest BCUT2D eigenvalue weighted by Crippen LogP contribution is -1.96. The van der Waals surface area contributed by atoms with Gasteiger partial charge >= 0.3 is 0 Å². The topological polar surface area (TPSA) is 12.4 Å². The van der Waals surface area contributed by atoms with Crippen molar-refractivity contribution < 1.29 is 4.39 Å². The van der Waals surface area contributed by atoms with E-state index in [9.17, 15) is 4.39 Å². The Hall–Kier alpha value is -2.07. The smallest absolute Gasteiger partial charge is 0.123 e. The van der Waals surface area contributed by atoms with E-state index in [0.717, 1.165) is 21.9 Å². The second-order valence-corrected chi connectivity index (χ2v) is 7.72. The molecule has 0 aliphatic heterocycles. The van der Waals surface area contributed by atoms with Crippen molar-refractivity contribution in [3.05, 3.63) is 105 Å². The first-order valence-electron chi connectivity index (χ1n) is 8.20. The fourth-order valence-corrected chi connectivity index (χ4v) is 3.52. The van der Waals surface area contributed by atoms with E-state index in [2.05, 4.69) is 0 Å². The van der Waals surface area contributed by atoms with Gasteiger partial charge < -0.3 is 0 Å². The van der Waals surface area contributed by atoms with E-state index in [1.807, 2.05) is 54.8 Å². The second-order valence-electron chi connectivity index (χ2n) is 5.87. The molecule has 0 saturated carbocycles. The van der Waals surface area contributed by atoms with Crippen molar-refractivity contribution in [2.75, 3.05) is 0 Å². The Balaban J connectivity index is 1.92. The summed E-state index contributed by atoms with van der Waals surface area (Å²) < 4.78 is 13.0. The Morgan fingerprint density at radius 3 is 2.19 bits per heavy atom. The number of halogens is 3. The van der Waals surface area contributed by atoms with Gasteiger partial charge in [-0.05, 0) is 73.0 Å². The zero-order chi connectivity index (χ0) is 19.2. The predicted octanol–water partition coefficient (Wildman–Crippen LogP) is 7.87. The Bertz CT molecular complexity index is 960. The highest BCUT2D eigenvalue weighted by molar-refractivity contribution is 8.02. The molecule has 0 atom stereocenters. The monoisotopic (exact) mass is 415 g/mol. The van der Waals surface area contributed by atoms with Gasteiger partial charge in [0, 0.05) is 20.5 Å². The van der Waals surface area contributed by atoms with Crippen LogP contribution in [-0.4, -0.2) is 5.71 Å². The number of hydrogen-bond acceptors (Lipinski definition) is 2. The molecule has 5 heteroatoms. The summed E-state index contributed by atoms with van der Waals surface area (Å²) in [5.41, 5.74) is 3.56. The zero-order valence-electron chi connectivity index (χ0n) is 14.5. The molecule has 0 amide bonds. The molecular formula is C22H16Cl2FNS. The first-order chi connectivity index (χ1) is 13.0. The van der Waals surface area contributed by atoms with Crippen molar-refractivity contribution in [1.29, 1.82) is 0 Å². The first kappa shape index (κ1) is 19.7. The molecular weight excluding hydrogens is 400 g/mol. The Labute approximate surface area is 172 Å². The van der Waals surface area contributed by atoms with Crippen molar-refractivity contribution in [1.82, 2.24) is 0 Å². The normalized spacial score (nSPS) is 11.9. The average Bonchev–Trinajstić information content (AvgIpc) is 2.63. The highest BCUT2D eigenvalue weighted by Gasteiger charge is 2.05. The van der Waals surface area contributed by atoms with Gasteiger partial charge in [0.25, 0.3) is 0 Å². The van der Waals surface area contributed by atoms with Gasteiger partial charge in [0.1, 0.15) is 5.82 Å². The number of allylic oxidation sites excluding steroid dienone is 1. The summed E-state index contributed by atoms with van der Waals surface area (Å²) in [6.45, 7) is 2.03. The van der Waals surface area contributed by atoms with E-state index in [0.29, 0.717) is 10.0 Å². The number of hydrogen-bond donors (Lipinski definition) is 0. The molecule has 0 unspecified atom stereocenters. The standard InChI is InChI=1S/C22H16Cl2FNS/c1-15-2-6-20(7-3-15)26-22(16-12-17(23)14-18(24)13-16)10-11-27-21-8-4-19(25)5-9-21/h2-14H,1H3/b11-10+,26-22-. The number of thioether (sulfide) groups is 1. The molecule has 0 radical (unpaired) electrons. The summed E-state index contributed by atoms with van der Waals surface area (Å²) in [5, 5.41) is 3.01. The Morgan fingerprint density at radius 2 is 1.56 bits per heavy atom. The molecule has 3 aromatic carbocycles. The highest BCUT2D eigenvalue weighted by Crippen LogP contribution is 2.24. The third kappa shape index (κ3) is 5.96. The van der Waals surface area contributed by atoms with Gasteiger partial charge in [-0.1, -0.05) is 52.7 Å². The van der Waals surface area contributed by atoms with Crippen LogP contribution >= 0.6 is 35.0 Å². The number of benzene rings is 3. The average molecular weight is 416 g/mol. The molecule has 0 aliphatic carbocycles. The molecule has 0 heterocycles. The van der Waals surface area contributed by atoms with Gasteiger partial charge in [-0.3, -0.25) is 0 Å². The molecule has 0 aromatic heterocycles. The van der Waals surface area contributed by atoms with Crippen molar-refractivity contribution >= 4 is 46.4 Å². The lowest BCUT2D eigenvalue weighted by atomic mass is 10.1. The molecule has 136 valence electrons. The molecule has 0 aliphatic rings. The van der Waals surface area contributed by atoms with Gasteiger partial charge in [0.05, 0.1) is 11.4 Å². The van der Waals surface area contributed by atoms with Gasteiger partial charge in [-0.15, -0.1) is 0 Å². The van der Waals surface area contributed by atoms with Crippen LogP contribution in [0.25, 0.3) is 0 Å². The molecule has 1 nitrogen and oxygen atoms in total. The van der Waals surface area contributed by atoms with Crippen molar-refractivity contribution in [2.24, 2.45) is 4.99 Å². The maximum atomic E-state index is 13.0. The third-order valence-corrected chi connectivity index (χ3v) is 4.94. The lowest BCUT2D eigenvalue weighted by molar-refractivity contribution is 0.626. The first-order valence-corrected chi connectivity index (χ1v) is 9.84. The molecule has 0 fully saturated rings. The van der Waals surface area contributed by atoms with Crippen molar-refractivity contribution in [3.8, 4) is 0 Å². The molecule has 3 aromatic rings. The number of aliphatic imine (C=N–C) groups is 1. The van der Waals surface area contributed by atoms with Gasteiger partial charge in [0.2, 0.25) is 0 Å². The van der Waals surface area contributed by atoms with Crippen LogP contribution in [0.5, 0.6) is 0 Å². The fourth-order valence-electron chi connectivity index (χ4n) is 2.35. The summed E-state index contributed by atoms with van der Waals surface area (Å²) in [4.78, 5) is 5.67. The van der Waals surface area contributed by atoms with Gasteiger partial charge in [-0.2, -0.15) is 0 Å². The van der Waals surface area contributed by atoms with Crippen LogP contribution in [-0.2, 0) is 0 Å². The Morgan fingerprint density at radius 1 is 0.926 bits per heavy atom. The van der Waals surface area contributed by atoms with Crippen LogP contribution in [0.4, 0.5) is 10.1 Å². The summed E-state index contributed by atoms with van der Waals surface area (Å²) in [7, 11) is 0. The molecule has 3 rings (SSSR count). The van der Waals surface area contributed by atoms with E-state index in [1.165, 1.54) is 29.5 Å². The SMILES string of the molecule is Cc1ccc(/N=C(/C=C/Sc2ccc(F)cc2)c2cc(Cl)cc(Cl)c2)cc1. The highest BCUT2D eigenvalue weighted by atomic mass is 35.5. The van der Waals surface area contributed by atoms with E-state index in [4.69, 9.17) is 28.2 Å². The number of rotatable bonds is 5. The maximum Gasteiger partial charge on any atom is 0.123 e. The summed E-state index contributed by atoms with van der Waals surface area (Å²) in [5.74, 6) is -0.251. The largest absolute Gasteiger partial charge is 0.248 e. The maximum absolute atomic E-state index is 13.0. The quantitative estimate of drug-likeness (QED) is 0.305. The van der Waals surface area contributed by atoms with E-state index < -0.39 is 0 Å². The molecule has 0 bridgehead atoms. The minimum Gasteiger partial charge on any atom is -0.248 e. The molecule has 27 heavy (non-hydrogen) atoms.